The monoisotopic (exact) mass is 278 g/mol. The number of benzene rings is 2. The maximum atomic E-state index is 12.7. The predicted molar refractivity (Wildman–Crippen MR) is 88.0 cm³/mol. The lowest BCUT2D eigenvalue weighted by Gasteiger charge is -2.13. The summed E-state index contributed by atoms with van der Waals surface area (Å²) in [6, 6.07) is 17.3. The van der Waals surface area contributed by atoms with E-state index in [0.29, 0.717) is 17.1 Å². The lowest BCUT2D eigenvalue weighted by atomic mass is 10.0. The summed E-state index contributed by atoms with van der Waals surface area (Å²) in [5.41, 5.74) is 8.03. The van der Waals surface area contributed by atoms with E-state index in [1.54, 1.807) is 4.57 Å². The third kappa shape index (κ3) is 2.31. The molecule has 3 rings (SSSR count). The Bertz CT molecular complexity index is 862. The maximum absolute atomic E-state index is 12.7. The number of rotatable bonds is 2. The first-order chi connectivity index (χ1) is 10.1. The number of pyridine rings is 1. The van der Waals surface area contributed by atoms with Crippen LogP contribution in [-0.2, 0) is 0 Å². The fourth-order valence-corrected chi connectivity index (χ4v) is 2.57. The van der Waals surface area contributed by atoms with Crippen LogP contribution < -0.4 is 11.3 Å². The summed E-state index contributed by atoms with van der Waals surface area (Å²) in [5.74, 6) is 0.863. The molecule has 21 heavy (non-hydrogen) atoms. The molecule has 1 aromatic heterocycles. The highest BCUT2D eigenvalue weighted by Crippen LogP contribution is 2.21. The van der Waals surface area contributed by atoms with Crippen molar-refractivity contribution in [1.29, 1.82) is 0 Å². The molecule has 0 spiro atoms. The average molecular weight is 278 g/mol. The Morgan fingerprint density at radius 3 is 2.52 bits per heavy atom. The minimum atomic E-state index is -0.0773. The van der Waals surface area contributed by atoms with Crippen molar-refractivity contribution in [1.82, 2.24) is 4.57 Å². The van der Waals surface area contributed by atoms with Crippen molar-refractivity contribution >= 4 is 16.6 Å². The third-order valence-corrected chi connectivity index (χ3v) is 3.75. The molecule has 0 aliphatic heterocycles. The molecule has 0 radical (unpaired) electrons. The van der Waals surface area contributed by atoms with Crippen LogP contribution >= 0.6 is 0 Å². The molecule has 3 nitrogen and oxygen atoms in total. The number of fused-ring (bicyclic) bond motifs is 1. The van der Waals surface area contributed by atoms with Gasteiger partial charge in [0.25, 0.3) is 5.56 Å². The van der Waals surface area contributed by atoms with Gasteiger partial charge in [-0.05, 0) is 41.1 Å². The molecular formula is C18H18N2O. The standard InChI is InChI=1S/C18H18N2O/c1-12(2)13-7-5-8-15(10-13)20-17(19)11-14-6-3-4-9-16(14)18(20)21/h3-12H,19H2,1-2H3. The van der Waals surface area contributed by atoms with Crippen LogP contribution in [0.5, 0.6) is 0 Å². The van der Waals surface area contributed by atoms with Crippen molar-refractivity contribution in [3.63, 3.8) is 0 Å². The summed E-state index contributed by atoms with van der Waals surface area (Å²) in [7, 11) is 0. The quantitative estimate of drug-likeness (QED) is 0.777. The molecule has 0 aliphatic rings. The van der Waals surface area contributed by atoms with Gasteiger partial charge in [0.2, 0.25) is 0 Å². The van der Waals surface area contributed by atoms with E-state index in [0.717, 1.165) is 11.1 Å². The van der Waals surface area contributed by atoms with E-state index in [1.165, 1.54) is 5.56 Å². The minimum Gasteiger partial charge on any atom is -0.385 e. The van der Waals surface area contributed by atoms with Gasteiger partial charge < -0.3 is 5.73 Å². The molecule has 0 unspecified atom stereocenters. The molecule has 0 bridgehead atoms. The summed E-state index contributed by atoms with van der Waals surface area (Å²) in [5, 5.41) is 1.55. The van der Waals surface area contributed by atoms with Crippen molar-refractivity contribution < 1.29 is 0 Å². The molecule has 1 heterocycles. The number of nitrogens with two attached hydrogens (primary N) is 1. The van der Waals surface area contributed by atoms with Crippen LogP contribution in [0.4, 0.5) is 5.82 Å². The number of aromatic nitrogens is 1. The van der Waals surface area contributed by atoms with Gasteiger partial charge in [-0.3, -0.25) is 9.36 Å². The number of anilines is 1. The van der Waals surface area contributed by atoms with E-state index in [2.05, 4.69) is 19.9 Å². The average Bonchev–Trinajstić information content (AvgIpc) is 2.47. The van der Waals surface area contributed by atoms with Gasteiger partial charge in [-0.15, -0.1) is 0 Å². The molecule has 0 atom stereocenters. The summed E-state index contributed by atoms with van der Waals surface area (Å²) in [6.07, 6.45) is 0. The first-order valence-electron chi connectivity index (χ1n) is 7.08. The SMILES string of the molecule is CC(C)c1cccc(-n2c(N)cc3ccccc3c2=O)c1. The topological polar surface area (TPSA) is 48.0 Å². The fourth-order valence-electron chi connectivity index (χ4n) is 2.57. The van der Waals surface area contributed by atoms with Crippen molar-refractivity contribution in [3.05, 3.63) is 70.5 Å². The lowest BCUT2D eigenvalue weighted by Crippen LogP contribution is -2.21. The number of hydrogen-bond donors (Lipinski definition) is 1. The highest BCUT2D eigenvalue weighted by molar-refractivity contribution is 5.84. The van der Waals surface area contributed by atoms with E-state index >= 15 is 0 Å². The van der Waals surface area contributed by atoms with E-state index in [1.807, 2.05) is 48.5 Å². The smallest absolute Gasteiger partial charge is 0.264 e. The number of nitrogens with zero attached hydrogens (tertiary/aromatic N) is 1. The Hall–Kier alpha value is -2.55. The first kappa shape index (κ1) is 13.4. The summed E-state index contributed by atoms with van der Waals surface area (Å²) < 4.78 is 1.58. The van der Waals surface area contributed by atoms with Crippen LogP contribution in [0.2, 0.25) is 0 Å². The number of nitrogen functional groups attached to an aromatic ring is 1. The van der Waals surface area contributed by atoms with Crippen LogP contribution in [-0.4, -0.2) is 4.57 Å². The van der Waals surface area contributed by atoms with Crippen molar-refractivity contribution in [2.75, 3.05) is 5.73 Å². The van der Waals surface area contributed by atoms with Crippen LogP contribution in [0.3, 0.4) is 0 Å². The second kappa shape index (κ2) is 5.09. The van der Waals surface area contributed by atoms with Gasteiger partial charge in [-0.2, -0.15) is 0 Å². The van der Waals surface area contributed by atoms with E-state index < -0.39 is 0 Å². The summed E-state index contributed by atoms with van der Waals surface area (Å²) >= 11 is 0. The minimum absolute atomic E-state index is 0.0773. The normalized spacial score (nSPS) is 11.2. The van der Waals surface area contributed by atoms with E-state index in [-0.39, 0.29) is 5.56 Å². The third-order valence-electron chi connectivity index (χ3n) is 3.75. The molecule has 3 heteroatoms. The largest absolute Gasteiger partial charge is 0.385 e. The molecule has 2 aromatic carbocycles. The highest BCUT2D eigenvalue weighted by atomic mass is 16.1. The predicted octanol–water partition coefficient (Wildman–Crippen LogP) is 3.70. The maximum Gasteiger partial charge on any atom is 0.264 e. The zero-order valence-corrected chi connectivity index (χ0v) is 12.2. The van der Waals surface area contributed by atoms with Gasteiger partial charge in [0.1, 0.15) is 5.82 Å². The second-order valence-electron chi connectivity index (χ2n) is 5.55. The van der Waals surface area contributed by atoms with E-state index in [9.17, 15) is 4.79 Å². The molecule has 3 aromatic rings. The first-order valence-corrected chi connectivity index (χ1v) is 7.08. The lowest BCUT2D eigenvalue weighted by molar-refractivity contribution is 0.862. The highest BCUT2D eigenvalue weighted by Gasteiger charge is 2.09. The summed E-state index contributed by atoms with van der Waals surface area (Å²) in [4.78, 5) is 12.7. The Morgan fingerprint density at radius 1 is 1.00 bits per heavy atom. The van der Waals surface area contributed by atoms with Gasteiger partial charge in [0.15, 0.2) is 0 Å². The van der Waals surface area contributed by atoms with Crippen LogP contribution in [0, 0.1) is 0 Å². The zero-order valence-electron chi connectivity index (χ0n) is 12.2. The fraction of sp³-hybridized carbons (Fsp3) is 0.167. The molecule has 106 valence electrons. The zero-order chi connectivity index (χ0) is 15.0. The molecule has 2 N–H and O–H groups in total. The second-order valence-corrected chi connectivity index (χ2v) is 5.55. The van der Waals surface area contributed by atoms with Crippen LogP contribution in [0.25, 0.3) is 16.5 Å². The Labute approximate surface area is 123 Å². The van der Waals surface area contributed by atoms with Crippen LogP contribution in [0.15, 0.2) is 59.4 Å². The Morgan fingerprint density at radius 2 is 1.76 bits per heavy atom. The summed E-state index contributed by atoms with van der Waals surface area (Å²) in [6.45, 7) is 4.26. The van der Waals surface area contributed by atoms with Gasteiger partial charge in [-0.25, -0.2) is 0 Å². The molecule has 0 saturated carbocycles. The molecule has 0 amide bonds. The Balaban J connectivity index is 2.30. The van der Waals surface area contributed by atoms with Crippen LogP contribution in [0.1, 0.15) is 25.3 Å². The molecule has 0 aliphatic carbocycles. The molecule has 0 fully saturated rings. The van der Waals surface area contributed by atoms with Gasteiger partial charge >= 0.3 is 0 Å². The van der Waals surface area contributed by atoms with E-state index in [4.69, 9.17) is 5.73 Å². The van der Waals surface area contributed by atoms with Gasteiger partial charge in [0.05, 0.1) is 5.69 Å². The molecular weight excluding hydrogens is 260 g/mol. The van der Waals surface area contributed by atoms with Crippen molar-refractivity contribution in [2.24, 2.45) is 0 Å². The van der Waals surface area contributed by atoms with Gasteiger partial charge in [0, 0.05) is 5.39 Å². The Kier molecular flexibility index (Phi) is 3.26. The van der Waals surface area contributed by atoms with Crippen molar-refractivity contribution in [3.8, 4) is 5.69 Å². The van der Waals surface area contributed by atoms with Gasteiger partial charge in [-0.1, -0.05) is 44.2 Å². The van der Waals surface area contributed by atoms with Crippen molar-refractivity contribution in [2.45, 2.75) is 19.8 Å². The number of hydrogen-bond acceptors (Lipinski definition) is 2. The molecule has 0 saturated heterocycles.